The molecule has 0 bridgehead atoms. The van der Waals surface area contributed by atoms with Gasteiger partial charge in [-0.1, -0.05) is 11.8 Å². The summed E-state index contributed by atoms with van der Waals surface area (Å²) in [6.07, 6.45) is 10.6. The summed E-state index contributed by atoms with van der Waals surface area (Å²) in [6, 6.07) is 15.7. The van der Waals surface area contributed by atoms with E-state index in [1.54, 1.807) is 48.5 Å². The average molecular weight is 444 g/mol. The minimum atomic E-state index is -1.47. The summed E-state index contributed by atoms with van der Waals surface area (Å²) >= 11 is 0. The molecule has 3 rings (SSSR count). The van der Waals surface area contributed by atoms with E-state index in [4.69, 9.17) is 12.8 Å². The summed E-state index contributed by atoms with van der Waals surface area (Å²) in [5.41, 5.74) is 2.30. The Morgan fingerprint density at radius 2 is 0.971 bits per heavy atom. The molecule has 0 atom stereocenters. The monoisotopic (exact) mass is 444 g/mol. The molecule has 3 aromatic rings. The normalized spacial score (nSPS) is 9.35. The number of terminal acetylenes is 2. The van der Waals surface area contributed by atoms with Crippen LogP contribution in [0.1, 0.15) is 21.5 Å². The van der Waals surface area contributed by atoms with Gasteiger partial charge in [-0.25, -0.2) is 9.59 Å². The van der Waals surface area contributed by atoms with Crippen molar-refractivity contribution in [2.75, 3.05) is 21.3 Å². The number of aromatic carboxylic acids is 1. The van der Waals surface area contributed by atoms with E-state index < -0.39 is 18.0 Å². The van der Waals surface area contributed by atoms with Crippen LogP contribution in [0.25, 0.3) is 0 Å². The van der Waals surface area contributed by atoms with Gasteiger partial charge in [0.1, 0.15) is 0 Å². The van der Waals surface area contributed by atoms with Crippen LogP contribution < -0.4 is 45.2 Å². The van der Waals surface area contributed by atoms with Crippen molar-refractivity contribution >= 4 is 40.8 Å². The predicted octanol–water partition coefficient (Wildman–Crippen LogP) is 0.305. The van der Waals surface area contributed by atoms with Crippen LogP contribution in [0, 0.1) is 24.7 Å². The second kappa shape index (κ2) is 11.9. The minimum absolute atomic E-state index is 0. The van der Waals surface area contributed by atoms with Gasteiger partial charge in [-0.15, -0.1) is 12.8 Å². The molecule has 0 spiro atoms. The summed E-state index contributed by atoms with van der Waals surface area (Å²) in [5, 5.41) is 21.6. The first-order valence-corrected chi connectivity index (χ1v) is 9.52. The Bertz CT molecular complexity index is 1200. The van der Waals surface area contributed by atoms with Gasteiger partial charge in [0.05, 0.1) is 5.97 Å². The van der Waals surface area contributed by atoms with E-state index in [2.05, 4.69) is 33.1 Å². The van der Waals surface area contributed by atoms with Crippen molar-refractivity contribution in [1.82, 2.24) is 0 Å². The Hall–Kier alpha value is -4.61. The third-order valence-corrected chi connectivity index (χ3v) is 4.30. The zero-order valence-electron chi connectivity index (χ0n) is 18.1. The molecule has 9 heteroatoms. The zero-order chi connectivity index (χ0) is 23.8. The van der Waals surface area contributed by atoms with Gasteiger partial charge in [0.15, 0.2) is 0 Å². The quantitative estimate of drug-likeness (QED) is 0.334. The standard InChI is InChI=1S/C25H18N4O4.Li/c1-3-16-5-9-19(10-6-16)26-24(32)28-21-13-18(23(30)31)14-22(15-21)29-25(33)27-20-11-7-17(4-2)8-12-20;/h1-2,5-15H,(H,30,31)(H2,26,28,32)(H2,27,29,33);/q;+1/p-1. The summed E-state index contributed by atoms with van der Waals surface area (Å²) in [4.78, 5) is 36.0. The van der Waals surface area contributed by atoms with Crippen LogP contribution in [0.15, 0.2) is 66.7 Å². The molecule has 0 unspecified atom stereocenters. The van der Waals surface area contributed by atoms with Gasteiger partial charge in [-0.2, -0.15) is 0 Å². The third kappa shape index (κ3) is 7.22. The second-order valence-corrected chi connectivity index (χ2v) is 6.69. The molecule has 0 aliphatic heterocycles. The molecule has 0 saturated carbocycles. The minimum Gasteiger partial charge on any atom is -0.545 e. The molecular weight excluding hydrogens is 427 g/mol. The third-order valence-electron chi connectivity index (χ3n) is 4.30. The maximum absolute atomic E-state index is 12.3. The topological polar surface area (TPSA) is 122 Å². The van der Waals surface area contributed by atoms with E-state index in [9.17, 15) is 19.5 Å². The number of hydrogen-bond acceptors (Lipinski definition) is 4. The number of benzene rings is 3. The van der Waals surface area contributed by atoms with Crippen LogP contribution in [0.5, 0.6) is 0 Å². The summed E-state index contributed by atoms with van der Waals surface area (Å²) in [6.45, 7) is 0. The van der Waals surface area contributed by atoms with E-state index in [0.717, 1.165) is 0 Å². The van der Waals surface area contributed by atoms with E-state index in [-0.39, 0.29) is 35.8 Å². The zero-order valence-corrected chi connectivity index (χ0v) is 18.1. The second-order valence-electron chi connectivity index (χ2n) is 6.69. The molecule has 0 radical (unpaired) electrons. The maximum atomic E-state index is 12.3. The van der Waals surface area contributed by atoms with Crippen LogP contribution >= 0.6 is 0 Å². The number of hydrogen-bond donors (Lipinski definition) is 4. The molecule has 0 heterocycles. The fraction of sp³-hybridized carbons (Fsp3) is 0. The van der Waals surface area contributed by atoms with Gasteiger partial charge < -0.3 is 31.2 Å². The summed E-state index contributed by atoms with van der Waals surface area (Å²) in [7, 11) is 0. The van der Waals surface area contributed by atoms with Crippen molar-refractivity contribution in [3.8, 4) is 24.7 Å². The number of urea groups is 2. The number of nitrogens with one attached hydrogen (secondary N) is 4. The smallest absolute Gasteiger partial charge is 0.545 e. The Morgan fingerprint density at radius 3 is 1.29 bits per heavy atom. The fourth-order valence-electron chi connectivity index (χ4n) is 2.78. The number of carboxylic acid groups (broad SMARTS) is 1. The Labute approximate surface area is 208 Å². The summed E-state index contributed by atoms with van der Waals surface area (Å²) in [5.74, 6) is 3.46. The molecule has 0 aliphatic carbocycles. The average Bonchev–Trinajstić information content (AvgIpc) is 2.79. The Balaban J connectivity index is 0.00000408. The van der Waals surface area contributed by atoms with Gasteiger partial charge in [0, 0.05) is 39.4 Å². The molecule has 0 fully saturated rings. The van der Waals surface area contributed by atoms with Gasteiger partial charge in [-0.05, 0) is 66.7 Å². The van der Waals surface area contributed by atoms with E-state index in [1.807, 2.05) is 0 Å². The molecule has 0 aromatic heterocycles. The molecule has 34 heavy (non-hydrogen) atoms. The maximum Gasteiger partial charge on any atom is 1.00 e. The van der Waals surface area contributed by atoms with Gasteiger partial charge >= 0.3 is 30.9 Å². The van der Waals surface area contributed by atoms with Gasteiger partial charge in [0.25, 0.3) is 0 Å². The van der Waals surface area contributed by atoms with Crippen LogP contribution in [0.3, 0.4) is 0 Å². The van der Waals surface area contributed by atoms with Gasteiger partial charge in [0.2, 0.25) is 0 Å². The number of carboxylic acids is 1. The SMILES string of the molecule is C#Cc1ccc(NC(=O)Nc2cc(NC(=O)Nc3ccc(C#C)cc3)cc(C(=O)[O-])c2)cc1.[Li+]. The molecule has 0 aliphatic rings. The molecule has 4 N–H and O–H groups in total. The fourth-order valence-corrected chi connectivity index (χ4v) is 2.78. The van der Waals surface area contributed by atoms with Crippen LogP contribution in [0.4, 0.5) is 32.3 Å². The molecule has 4 amide bonds. The van der Waals surface area contributed by atoms with Crippen molar-refractivity contribution < 1.29 is 38.4 Å². The van der Waals surface area contributed by atoms with Crippen molar-refractivity contribution in [2.45, 2.75) is 0 Å². The predicted molar refractivity (Wildman–Crippen MR) is 125 cm³/mol. The molecule has 8 nitrogen and oxygen atoms in total. The summed E-state index contributed by atoms with van der Waals surface area (Å²) < 4.78 is 0. The number of amides is 4. The Morgan fingerprint density at radius 1 is 0.618 bits per heavy atom. The molecule has 0 saturated heterocycles. The van der Waals surface area contributed by atoms with E-state index >= 15 is 0 Å². The number of rotatable bonds is 5. The first-order chi connectivity index (χ1) is 15.9. The molecule has 162 valence electrons. The molecular formula is C25H17LiN4O4. The number of carbonyl (C=O) groups is 3. The molecule has 3 aromatic carbocycles. The van der Waals surface area contributed by atoms with Crippen molar-refractivity contribution in [3.63, 3.8) is 0 Å². The number of anilines is 4. The first kappa shape index (κ1) is 25.6. The Kier molecular flexibility index (Phi) is 8.94. The van der Waals surface area contributed by atoms with Crippen LogP contribution in [0.2, 0.25) is 0 Å². The largest absolute Gasteiger partial charge is 1.00 e. The van der Waals surface area contributed by atoms with E-state index in [1.165, 1.54) is 18.2 Å². The van der Waals surface area contributed by atoms with Gasteiger partial charge in [-0.3, -0.25) is 0 Å². The number of carbonyl (C=O) groups excluding carboxylic acids is 3. The van der Waals surface area contributed by atoms with Crippen LogP contribution in [-0.2, 0) is 0 Å². The van der Waals surface area contributed by atoms with Crippen molar-refractivity contribution in [2.24, 2.45) is 0 Å². The van der Waals surface area contributed by atoms with Crippen molar-refractivity contribution in [3.05, 3.63) is 83.4 Å². The van der Waals surface area contributed by atoms with Crippen molar-refractivity contribution in [1.29, 1.82) is 0 Å². The first-order valence-electron chi connectivity index (χ1n) is 9.52. The van der Waals surface area contributed by atoms with E-state index in [0.29, 0.717) is 22.5 Å². The van der Waals surface area contributed by atoms with Crippen LogP contribution in [-0.4, -0.2) is 18.0 Å².